The second-order valence-corrected chi connectivity index (χ2v) is 6.42. The second-order valence-electron chi connectivity index (χ2n) is 6.42. The van der Waals surface area contributed by atoms with Crippen molar-refractivity contribution in [2.45, 2.75) is 39.5 Å². The first-order valence-corrected chi connectivity index (χ1v) is 8.50. The molecule has 1 aliphatic rings. The molecule has 1 amide bonds. The number of benzene rings is 1. The van der Waals surface area contributed by atoms with Crippen molar-refractivity contribution in [3.63, 3.8) is 0 Å². The molecule has 1 aromatic carbocycles. The van der Waals surface area contributed by atoms with Gasteiger partial charge in [0.25, 0.3) is 0 Å². The van der Waals surface area contributed by atoms with Crippen LogP contribution in [0.1, 0.15) is 30.3 Å². The van der Waals surface area contributed by atoms with Crippen molar-refractivity contribution in [1.82, 2.24) is 9.88 Å². The zero-order chi connectivity index (χ0) is 16.9. The van der Waals surface area contributed by atoms with E-state index in [2.05, 4.69) is 17.1 Å². The van der Waals surface area contributed by atoms with E-state index in [1.807, 2.05) is 55.1 Å². The summed E-state index contributed by atoms with van der Waals surface area (Å²) >= 11 is 0. The summed E-state index contributed by atoms with van der Waals surface area (Å²) in [6.07, 6.45) is 0.785. The normalized spacial score (nSPS) is 20.1. The molecular formula is C20H24N2O2. The smallest absolute Gasteiger partial charge is 0.229 e. The Kier molecular flexibility index (Phi) is 5.26. The maximum Gasteiger partial charge on any atom is 0.229 e. The van der Waals surface area contributed by atoms with Gasteiger partial charge in [-0.2, -0.15) is 0 Å². The van der Waals surface area contributed by atoms with Crippen LogP contribution < -0.4 is 0 Å². The lowest BCUT2D eigenvalue weighted by molar-refractivity contribution is -0.138. The lowest BCUT2D eigenvalue weighted by atomic mass is 10.0. The zero-order valence-electron chi connectivity index (χ0n) is 14.3. The third kappa shape index (κ3) is 4.01. The maximum absolute atomic E-state index is 13.1. The molecule has 1 aromatic heterocycles. The van der Waals surface area contributed by atoms with E-state index in [1.54, 1.807) is 0 Å². The van der Waals surface area contributed by atoms with Crippen LogP contribution >= 0.6 is 0 Å². The van der Waals surface area contributed by atoms with E-state index in [9.17, 15) is 4.79 Å². The molecule has 2 aromatic rings. The molecule has 0 bridgehead atoms. The molecule has 1 saturated heterocycles. The fraction of sp³-hybridized carbons (Fsp3) is 0.400. The van der Waals surface area contributed by atoms with Gasteiger partial charge in [0.15, 0.2) is 0 Å². The number of amides is 1. The van der Waals surface area contributed by atoms with Crippen LogP contribution in [0.2, 0.25) is 0 Å². The van der Waals surface area contributed by atoms with Gasteiger partial charge in [-0.25, -0.2) is 0 Å². The molecule has 4 heteroatoms. The monoisotopic (exact) mass is 324 g/mol. The molecule has 0 spiro atoms. The Morgan fingerprint density at radius 3 is 2.62 bits per heavy atom. The van der Waals surface area contributed by atoms with Crippen molar-refractivity contribution in [1.29, 1.82) is 0 Å². The molecule has 1 fully saturated rings. The molecule has 1 aliphatic heterocycles. The maximum atomic E-state index is 13.1. The summed E-state index contributed by atoms with van der Waals surface area (Å²) in [6.45, 7) is 5.75. The van der Waals surface area contributed by atoms with Gasteiger partial charge in [-0.1, -0.05) is 36.4 Å². The highest BCUT2D eigenvalue weighted by molar-refractivity contribution is 5.79. The van der Waals surface area contributed by atoms with E-state index in [4.69, 9.17) is 4.74 Å². The van der Waals surface area contributed by atoms with Gasteiger partial charge in [0.2, 0.25) is 5.91 Å². The predicted octanol–water partition coefficient (Wildman–Crippen LogP) is 3.34. The van der Waals surface area contributed by atoms with Crippen molar-refractivity contribution >= 4 is 5.91 Å². The first kappa shape index (κ1) is 16.7. The molecule has 0 radical (unpaired) electrons. The zero-order valence-corrected chi connectivity index (χ0v) is 14.3. The van der Waals surface area contributed by atoms with E-state index in [0.717, 1.165) is 23.4 Å². The molecule has 126 valence electrons. The average molecular weight is 324 g/mol. The standard InChI is InChI=1S/C20H24N2O2/c1-15-7-6-10-18(21-15)14-22(13-17-8-4-3-5-9-17)20(23)19-11-12-24-16(19)2/h3-10,16,19H,11-14H2,1-2H3/t16-,19-/m0/s1. The minimum Gasteiger partial charge on any atom is -0.378 e. The Morgan fingerprint density at radius 1 is 1.17 bits per heavy atom. The first-order valence-electron chi connectivity index (χ1n) is 8.50. The summed E-state index contributed by atoms with van der Waals surface area (Å²) in [5.74, 6) is 0.102. The van der Waals surface area contributed by atoms with Gasteiger partial charge in [-0.3, -0.25) is 9.78 Å². The molecular weight excluding hydrogens is 300 g/mol. The van der Waals surface area contributed by atoms with Crippen LogP contribution in [0.25, 0.3) is 0 Å². The molecule has 0 N–H and O–H groups in total. The van der Waals surface area contributed by atoms with E-state index in [-0.39, 0.29) is 17.9 Å². The van der Waals surface area contributed by atoms with E-state index >= 15 is 0 Å². The number of carbonyl (C=O) groups is 1. The van der Waals surface area contributed by atoms with Crippen molar-refractivity contribution < 1.29 is 9.53 Å². The summed E-state index contributed by atoms with van der Waals surface area (Å²) in [6, 6.07) is 16.0. The van der Waals surface area contributed by atoms with Gasteiger partial charge in [0.1, 0.15) is 0 Å². The molecule has 2 atom stereocenters. The highest BCUT2D eigenvalue weighted by atomic mass is 16.5. The summed E-state index contributed by atoms with van der Waals surface area (Å²) < 4.78 is 5.59. The number of aryl methyl sites for hydroxylation is 1. The fourth-order valence-corrected chi connectivity index (χ4v) is 3.19. The molecule has 0 saturated carbocycles. The molecule has 0 unspecified atom stereocenters. The average Bonchev–Trinajstić information content (AvgIpc) is 3.01. The van der Waals surface area contributed by atoms with Crippen LogP contribution in [0.15, 0.2) is 48.5 Å². The van der Waals surface area contributed by atoms with Gasteiger partial charge in [-0.05, 0) is 38.0 Å². The molecule has 4 nitrogen and oxygen atoms in total. The number of nitrogens with zero attached hydrogens (tertiary/aromatic N) is 2. The van der Waals surface area contributed by atoms with Gasteiger partial charge < -0.3 is 9.64 Å². The van der Waals surface area contributed by atoms with Crippen LogP contribution in [0, 0.1) is 12.8 Å². The van der Waals surface area contributed by atoms with E-state index < -0.39 is 0 Å². The van der Waals surface area contributed by atoms with Crippen molar-refractivity contribution in [3.05, 3.63) is 65.5 Å². The Morgan fingerprint density at radius 2 is 1.96 bits per heavy atom. The van der Waals surface area contributed by atoms with Crippen molar-refractivity contribution in [2.24, 2.45) is 5.92 Å². The Bertz CT molecular complexity index is 687. The topological polar surface area (TPSA) is 42.4 Å². The van der Waals surface area contributed by atoms with E-state index in [0.29, 0.717) is 19.7 Å². The quantitative estimate of drug-likeness (QED) is 0.847. The third-order valence-electron chi connectivity index (χ3n) is 4.52. The van der Waals surface area contributed by atoms with Gasteiger partial charge >= 0.3 is 0 Å². The number of rotatable bonds is 5. The fourth-order valence-electron chi connectivity index (χ4n) is 3.19. The van der Waals surface area contributed by atoms with Crippen LogP contribution in [0.3, 0.4) is 0 Å². The number of hydrogen-bond acceptors (Lipinski definition) is 3. The minimum absolute atomic E-state index is 0.0127. The van der Waals surface area contributed by atoms with E-state index in [1.165, 1.54) is 0 Å². The number of pyridine rings is 1. The minimum atomic E-state index is -0.0569. The van der Waals surface area contributed by atoms with Crippen LogP contribution in [-0.4, -0.2) is 28.5 Å². The summed E-state index contributed by atoms with van der Waals surface area (Å²) in [7, 11) is 0. The number of carbonyl (C=O) groups excluding carboxylic acids is 1. The number of hydrogen-bond donors (Lipinski definition) is 0. The van der Waals surface area contributed by atoms with Crippen LogP contribution in [0.5, 0.6) is 0 Å². The SMILES string of the molecule is Cc1cccc(CN(Cc2ccccc2)C(=O)[C@H]2CCO[C@H]2C)n1. The Labute approximate surface area is 143 Å². The lowest BCUT2D eigenvalue weighted by Crippen LogP contribution is -2.38. The highest BCUT2D eigenvalue weighted by Crippen LogP contribution is 2.24. The van der Waals surface area contributed by atoms with Gasteiger partial charge in [0, 0.05) is 18.8 Å². The highest BCUT2D eigenvalue weighted by Gasteiger charge is 2.34. The number of aromatic nitrogens is 1. The third-order valence-corrected chi connectivity index (χ3v) is 4.52. The molecule has 2 heterocycles. The summed E-state index contributed by atoms with van der Waals surface area (Å²) in [4.78, 5) is 19.5. The molecule has 24 heavy (non-hydrogen) atoms. The Balaban J connectivity index is 1.81. The van der Waals surface area contributed by atoms with Crippen LogP contribution in [0.4, 0.5) is 0 Å². The van der Waals surface area contributed by atoms with Gasteiger partial charge in [0.05, 0.1) is 24.3 Å². The number of ether oxygens (including phenoxy) is 1. The van der Waals surface area contributed by atoms with Crippen LogP contribution in [-0.2, 0) is 22.6 Å². The van der Waals surface area contributed by atoms with Crippen molar-refractivity contribution in [3.8, 4) is 0 Å². The van der Waals surface area contributed by atoms with Gasteiger partial charge in [-0.15, -0.1) is 0 Å². The second kappa shape index (κ2) is 7.58. The Hall–Kier alpha value is -2.20. The summed E-state index contributed by atoms with van der Waals surface area (Å²) in [5, 5.41) is 0. The molecule has 3 rings (SSSR count). The largest absolute Gasteiger partial charge is 0.378 e. The first-order chi connectivity index (χ1) is 11.6. The summed E-state index contributed by atoms with van der Waals surface area (Å²) in [5.41, 5.74) is 3.02. The lowest BCUT2D eigenvalue weighted by Gasteiger charge is -2.27. The predicted molar refractivity (Wildman–Crippen MR) is 93.2 cm³/mol. The van der Waals surface area contributed by atoms with Crippen molar-refractivity contribution in [2.75, 3.05) is 6.61 Å². The molecule has 0 aliphatic carbocycles.